The molecule has 3 amide bonds. The summed E-state index contributed by atoms with van der Waals surface area (Å²) < 4.78 is 16.4. The van der Waals surface area contributed by atoms with E-state index in [-0.39, 0.29) is 25.7 Å². The minimum absolute atomic E-state index is 0.0571. The highest BCUT2D eigenvalue weighted by Crippen LogP contribution is 2.10. The van der Waals surface area contributed by atoms with Crippen LogP contribution in [-0.2, 0) is 41.8 Å². The van der Waals surface area contributed by atoms with Gasteiger partial charge in [-0.3, -0.25) is 9.59 Å². The second-order valence-corrected chi connectivity index (χ2v) is 11.2. The van der Waals surface area contributed by atoms with Gasteiger partial charge in [-0.15, -0.1) is 0 Å². The Balaban J connectivity index is 2.09. The smallest absolute Gasteiger partial charge is 0.408 e. The molecule has 0 saturated carbocycles. The molecule has 0 fully saturated rings. The van der Waals surface area contributed by atoms with Gasteiger partial charge >= 0.3 is 12.1 Å². The van der Waals surface area contributed by atoms with E-state index in [0.717, 1.165) is 11.1 Å². The van der Waals surface area contributed by atoms with Gasteiger partial charge in [0.2, 0.25) is 11.8 Å². The average Bonchev–Trinajstić information content (AvgIpc) is 2.90. The number of carbonyl (C=O) groups is 4. The van der Waals surface area contributed by atoms with Crippen LogP contribution in [0.5, 0.6) is 0 Å². The zero-order chi connectivity index (χ0) is 30.4. The van der Waals surface area contributed by atoms with Crippen LogP contribution in [0.15, 0.2) is 60.7 Å². The topological polar surface area (TPSA) is 132 Å². The normalized spacial score (nSPS) is 13.4. The van der Waals surface area contributed by atoms with E-state index in [2.05, 4.69) is 16.0 Å². The summed E-state index contributed by atoms with van der Waals surface area (Å²) in [5.74, 6) is -1.77. The average molecular weight is 570 g/mol. The van der Waals surface area contributed by atoms with Gasteiger partial charge in [-0.05, 0) is 51.2 Å². The zero-order valence-electron chi connectivity index (χ0n) is 24.8. The Morgan fingerprint density at radius 1 is 0.732 bits per heavy atom. The molecule has 0 unspecified atom stereocenters. The van der Waals surface area contributed by atoms with Crippen molar-refractivity contribution in [3.63, 3.8) is 0 Å². The number of hydrogen-bond acceptors (Lipinski definition) is 7. The van der Waals surface area contributed by atoms with Crippen molar-refractivity contribution in [2.24, 2.45) is 5.92 Å². The molecule has 0 saturated heterocycles. The number of hydrogen-bond donors (Lipinski definition) is 3. The number of amides is 3. The monoisotopic (exact) mass is 569 g/mol. The summed E-state index contributed by atoms with van der Waals surface area (Å²) in [4.78, 5) is 51.5. The highest BCUT2D eigenvalue weighted by molar-refractivity contribution is 5.93. The molecule has 2 aromatic rings. The number of nitrogens with one attached hydrogen (secondary N) is 3. The van der Waals surface area contributed by atoms with E-state index in [1.807, 2.05) is 74.5 Å². The fraction of sp³-hybridized carbons (Fsp3) is 0.484. The molecular weight excluding hydrogens is 526 g/mol. The molecule has 0 aromatic heterocycles. The number of carbonyl (C=O) groups excluding carboxylic acids is 4. The fourth-order valence-corrected chi connectivity index (χ4v) is 3.70. The van der Waals surface area contributed by atoms with Gasteiger partial charge in [-0.25, -0.2) is 9.59 Å². The molecule has 0 aliphatic rings. The van der Waals surface area contributed by atoms with E-state index in [4.69, 9.17) is 14.2 Å². The first-order valence-electron chi connectivity index (χ1n) is 13.8. The van der Waals surface area contributed by atoms with Gasteiger partial charge in [-0.1, -0.05) is 74.5 Å². The number of rotatable bonds is 14. The van der Waals surface area contributed by atoms with Crippen molar-refractivity contribution in [1.29, 1.82) is 0 Å². The Morgan fingerprint density at radius 2 is 1.27 bits per heavy atom. The molecule has 10 heteroatoms. The van der Waals surface area contributed by atoms with Crippen molar-refractivity contribution in [1.82, 2.24) is 16.0 Å². The molecule has 3 N–H and O–H groups in total. The Kier molecular flexibility index (Phi) is 13.3. The van der Waals surface area contributed by atoms with Gasteiger partial charge in [-0.2, -0.15) is 0 Å². The molecule has 0 radical (unpaired) electrons. The predicted molar refractivity (Wildman–Crippen MR) is 154 cm³/mol. The summed E-state index contributed by atoms with van der Waals surface area (Å²) in [6.45, 7) is 10.6. The van der Waals surface area contributed by atoms with Crippen molar-refractivity contribution in [3.8, 4) is 0 Å². The molecule has 0 spiro atoms. The lowest BCUT2D eigenvalue weighted by Crippen LogP contribution is -2.57. The Labute approximate surface area is 242 Å². The van der Waals surface area contributed by atoms with Crippen molar-refractivity contribution in [2.45, 2.75) is 84.9 Å². The van der Waals surface area contributed by atoms with Crippen LogP contribution in [0.1, 0.15) is 59.1 Å². The van der Waals surface area contributed by atoms with Gasteiger partial charge < -0.3 is 30.2 Å². The van der Waals surface area contributed by atoms with E-state index in [1.165, 1.54) is 6.92 Å². The largest absolute Gasteiger partial charge is 0.459 e. The third-order valence-corrected chi connectivity index (χ3v) is 5.68. The lowest BCUT2D eigenvalue weighted by atomic mass is 10.0. The summed E-state index contributed by atoms with van der Waals surface area (Å²) in [6.07, 6.45) is -0.429. The minimum atomic E-state index is -1.15. The molecule has 0 aliphatic heterocycles. The first-order valence-corrected chi connectivity index (χ1v) is 13.8. The minimum Gasteiger partial charge on any atom is -0.459 e. The second-order valence-electron chi connectivity index (χ2n) is 11.2. The van der Waals surface area contributed by atoms with Crippen LogP contribution in [0.25, 0.3) is 0 Å². The lowest BCUT2D eigenvalue weighted by Gasteiger charge is -2.26. The number of benzene rings is 2. The van der Waals surface area contributed by atoms with Gasteiger partial charge in [0.05, 0.1) is 13.2 Å². The fourth-order valence-electron chi connectivity index (χ4n) is 3.70. The Bertz CT molecular complexity index is 1120. The lowest BCUT2D eigenvalue weighted by molar-refractivity contribution is -0.149. The van der Waals surface area contributed by atoms with E-state index >= 15 is 0 Å². The van der Waals surface area contributed by atoms with Gasteiger partial charge in [0.25, 0.3) is 0 Å². The van der Waals surface area contributed by atoms with E-state index in [0.29, 0.717) is 6.42 Å². The summed E-state index contributed by atoms with van der Waals surface area (Å²) in [5.41, 5.74) is 0.953. The maximum atomic E-state index is 13.3. The van der Waals surface area contributed by atoms with Crippen LogP contribution in [0, 0.1) is 5.92 Å². The van der Waals surface area contributed by atoms with Gasteiger partial charge in [0.1, 0.15) is 30.3 Å². The van der Waals surface area contributed by atoms with Crippen molar-refractivity contribution >= 4 is 23.9 Å². The molecular formula is C31H43N3O7. The molecule has 224 valence electrons. The molecule has 41 heavy (non-hydrogen) atoms. The predicted octanol–water partition coefficient (Wildman–Crippen LogP) is 3.88. The molecule has 0 aliphatic carbocycles. The van der Waals surface area contributed by atoms with Gasteiger partial charge in [0, 0.05) is 0 Å². The molecule has 0 heterocycles. The third kappa shape index (κ3) is 13.3. The second kappa shape index (κ2) is 16.4. The van der Waals surface area contributed by atoms with Crippen LogP contribution in [0.3, 0.4) is 0 Å². The maximum absolute atomic E-state index is 13.3. The first kappa shape index (κ1) is 33.3. The summed E-state index contributed by atoms with van der Waals surface area (Å²) in [6, 6.07) is 15.5. The van der Waals surface area contributed by atoms with Crippen molar-refractivity contribution in [2.75, 3.05) is 6.61 Å². The summed E-state index contributed by atoms with van der Waals surface area (Å²) in [5, 5.41) is 7.88. The Morgan fingerprint density at radius 3 is 1.80 bits per heavy atom. The number of ether oxygens (including phenoxy) is 3. The van der Waals surface area contributed by atoms with Crippen LogP contribution in [0.2, 0.25) is 0 Å². The SMILES string of the molecule is CC(C)C[C@H](NC(=O)OC(C)(C)C)C(=O)N[C@H](COCc1ccccc1)C(=O)N[C@@H](C)C(=O)OCc1ccccc1. The van der Waals surface area contributed by atoms with E-state index in [9.17, 15) is 19.2 Å². The first-order chi connectivity index (χ1) is 19.3. The summed E-state index contributed by atoms with van der Waals surface area (Å²) >= 11 is 0. The highest BCUT2D eigenvalue weighted by atomic mass is 16.6. The molecule has 2 aromatic carbocycles. The standard InChI is InChI=1S/C31H43N3O7/c1-21(2)17-25(34-30(38)41-31(4,5)6)27(35)33-26(20-39-18-23-13-9-7-10-14-23)28(36)32-22(3)29(37)40-19-24-15-11-8-12-16-24/h7-16,21-22,25-26H,17-20H2,1-6H3,(H,32,36)(H,33,35)(H,34,38)/t22-,25-,26+/m0/s1. The number of alkyl carbamates (subject to hydrolysis) is 1. The Hall–Kier alpha value is -3.92. The highest BCUT2D eigenvalue weighted by Gasteiger charge is 2.30. The molecule has 3 atom stereocenters. The van der Waals surface area contributed by atoms with Crippen LogP contribution in [0.4, 0.5) is 4.79 Å². The van der Waals surface area contributed by atoms with Crippen LogP contribution >= 0.6 is 0 Å². The van der Waals surface area contributed by atoms with Crippen molar-refractivity contribution in [3.05, 3.63) is 71.8 Å². The van der Waals surface area contributed by atoms with E-state index < -0.39 is 47.6 Å². The van der Waals surface area contributed by atoms with E-state index in [1.54, 1.807) is 20.8 Å². The zero-order valence-corrected chi connectivity index (χ0v) is 24.8. The molecule has 10 nitrogen and oxygen atoms in total. The molecule has 0 bridgehead atoms. The third-order valence-electron chi connectivity index (χ3n) is 5.68. The quantitative estimate of drug-likeness (QED) is 0.294. The number of esters is 1. The van der Waals surface area contributed by atoms with Crippen LogP contribution in [-0.4, -0.2) is 54.2 Å². The maximum Gasteiger partial charge on any atom is 0.408 e. The van der Waals surface area contributed by atoms with Crippen LogP contribution < -0.4 is 16.0 Å². The molecule has 2 rings (SSSR count). The van der Waals surface area contributed by atoms with Crippen molar-refractivity contribution < 1.29 is 33.4 Å². The van der Waals surface area contributed by atoms with Gasteiger partial charge in [0.15, 0.2) is 0 Å². The summed E-state index contributed by atoms with van der Waals surface area (Å²) in [7, 11) is 0.